The molecule has 3 heteroatoms. The van der Waals surface area contributed by atoms with Gasteiger partial charge in [-0.2, -0.15) is 4.39 Å². The molecule has 1 rings (SSSR count). The number of benzene rings is 1. The molecule has 2 nitrogen and oxygen atoms in total. The van der Waals surface area contributed by atoms with E-state index in [0.717, 1.165) is 16.7 Å². The van der Waals surface area contributed by atoms with Crippen molar-refractivity contribution in [1.82, 2.24) is 0 Å². The molecule has 0 fully saturated rings. The van der Waals surface area contributed by atoms with E-state index in [2.05, 4.69) is 11.3 Å². The first kappa shape index (κ1) is 11.4. The summed E-state index contributed by atoms with van der Waals surface area (Å²) in [6.07, 6.45) is 0. The van der Waals surface area contributed by atoms with Gasteiger partial charge in [0.15, 0.2) is 0 Å². The molecule has 0 saturated carbocycles. The smallest absolute Gasteiger partial charge is 0.345 e. The number of hydrogen-bond acceptors (Lipinski definition) is 2. The first-order chi connectivity index (χ1) is 6.91. The molecule has 15 heavy (non-hydrogen) atoms. The number of esters is 1. The molecule has 0 aliphatic carbocycles. The number of carbonyl (C=O) groups is 1. The van der Waals surface area contributed by atoms with Crippen LogP contribution in [0.1, 0.15) is 27.0 Å². The number of carbonyl (C=O) groups excluding carboxylic acids is 1. The fourth-order valence-corrected chi connectivity index (χ4v) is 1.65. The molecule has 0 bridgehead atoms. The number of ether oxygens (including phenoxy) is 1. The van der Waals surface area contributed by atoms with Gasteiger partial charge in [-0.3, -0.25) is 0 Å². The lowest BCUT2D eigenvalue weighted by Crippen LogP contribution is -2.07. The fourth-order valence-electron chi connectivity index (χ4n) is 1.65. The predicted octanol–water partition coefficient (Wildman–Crippen LogP) is 3.21. The Morgan fingerprint density at radius 1 is 1.27 bits per heavy atom. The quantitative estimate of drug-likeness (QED) is 0.551. The highest BCUT2D eigenvalue weighted by Gasteiger charge is 2.15. The predicted molar refractivity (Wildman–Crippen MR) is 56.3 cm³/mol. The van der Waals surface area contributed by atoms with E-state index >= 15 is 0 Å². The Balaban J connectivity index is 3.14. The van der Waals surface area contributed by atoms with Gasteiger partial charge < -0.3 is 4.74 Å². The summed E-state index contributed by atoms with van der Waals surface area (Å²) in [5.74, 6) is -0.697. The van der Waals surface area contributed by atoms with Crippen LogP contribution >= 0.6 is 0 Å². The van der Waals surface area contributed by atoms with Gasteiger partial charge in [-0.25, -0.2) is 4.79 Å². The lowest BCUT2D eigenvalue weighted by Gasteiger charge is -2.09. The maximum Gasteiger partial charge on any atom is 0.345 e. The SMILES string of the molecule is C=C(F)OC(=O)c1c(C)cc(C)cc1C. The normalized spacial score (nSPS) is 9.87. The van der Waals surface area contributed by atoms with Crippen molar-refractivity contribution < 1.29 is 13.9 Å². The number of aryl methyl sites for hydroxylation is 3. The van der Waals surface area contributed by atoms with E-state index in [1.807, 2.05) is 19.1 Å². The van der Waals surface area contributed by atoms with Gasteiger partial charge in [0.1, 0.15) is 0 Å². The minimum absolute atomic E-state index is 0.402. The highest BCUT2D eigenvalue weighted by molar-refractivity contribution is 5.93. The lowest BCUT2D eigenvalue weighted by molar-refractivity contribution is 0.0544. The molecule has 1 aromatic carbocycles. The summed E-state index contributed by atoms with van der Waals surface area (Å²) in [4.78, 5) is 11.5. The third-order valence-electron chi connectivity index (χ3n) is 2.08. The molecule has 0 N–H and O–H groups in total. The third-order valence-corrected chi connectivity index (χ3v) is 2.08. The zero-order chi connectivity index (χ0) is 11.6. The van der Waals surface area contributed by atoms with E-state index in [1.165, 1.54) is 0 Å². The van der Waals surface area contributed by atoms with Crippen molar-refractivity contribution in [3.05, 3.63) is 47.0 Å². The molecule has 0 heterocycles. The van der Waals surface area contributed by atoms with Gasteiger partial charge in [0, 0.05) is 0 Å². The van der Waals surface area contributed by atoms with Crippen molar-refractivity contribution in [1.29, 1.82) is 0 Å². The van der Waals surface area contributed by atoms with Crippen molar-refractivity contribution in [2.45, 2.75) is 20.8 Å². The van der Waals surface area contributed by atoms with Gasteiger partial charge in [-0.05, 0) is 38.5 Å². The molecule has 0 spiro atoms. The molecule has 0 aromatic heterocycles. The average Bonchev–Trinajstić information content (AvgIpc) is 1.99. The van der Waals surface area contributed by atoms with Crippen LogP contribution in [0.25, 0.3) is 0 Å². The minimum atomic E-state index is -1.08. The topological polar surface area (TPSA) is 26.3 Å². The summed E-state index contributed by atoms with van der Waals surface area (Å²) in [6.45, 7) is 8.40. The molecule has 0 amide bonds. The van der Waals surface area contributed by atoms with Gasteiger partial charge in [-0.15, -0.1) is 0 Å². The largest absolute Gasteiger partial charge is 0.396 e. The van der Waals surface area contributed by atoms with Crippen LogP contribution in [0.4, 0.5) is 4.39 Å². The number of halogens is 1. The molecule has 0 radical (unpaired) electrons. The standard InChI is InChI=1S/C12H13FO2/c1-7-5-8(2)11(9(3)6-7)12(14)15-10(4)13/h5-6H,4H2,1-3H3. The van der Waals surface area contributed by atoms with Crippen molar-refractivity contribution in [3.8, 4) is 0 Å². The molecule has 0 aliphatic heterocycles. The highest BCUT2D eigenvalue weighted by atomic mass is 19.1. The van der Waals surface area contributed by atoms with E-state index in [9.17, 15) is 9.18 Å². The molecule has 0 unspecified atom stereocenters. The lowest BCUT2D eigenvalue weighted by atomic mass is 10.0. The molecular formula is C12H13FO2. The Labute approximate surface area is 88.4 Å². The van der Waals surface area contributed by atoms with Crippen LogP contribution in [0.3, 0.4) is 0 Å². The maximum absolute atomic E-state index is 12.3. The van der Waals surface area contributed by atoms with Crippen molar-refractivity contribution in [2.75, 3.05) is 0 Å². The van der Waals surface area contributed by atoms with Gasteiger partial charge in [0.05, 0.1) is 5.56 Å². The molecule has 0 aliphatic rings. The summed E-state index contributed by atoms with van der Waals surface area (Å²) >= 11 is 0. The minimum Gasteiger partial charge on any atom is -0.396 e. The van der Waals surface area contributed by atoms with Crippen LogP contribution in [0.2, 0.25) is 0 Å². The summed E-state index contributed by atoms with van der Waals surface area (Å²) in [5, 5.41) is 0. The Hall–Kier alpha value is -1.64. The second kappa shape index (κ2) is 4.26. The van der Waals surface area contributed by atoms with E-state index in [4.69, 9.17) is 0 Å². The first-order valence-electron chi connectivity index (χ1n) is 4.56. The molecule has 0 saturated heterocycles. The first-order valence-corrected chi connectivity index (χ1v) is 4.56. The number of rotatable bonds is 2. The van der Waals surface area contributed by atoms with Gasteiger partial charge >= 0.3 is 5.97 Å². The fraction of sp³-hybridized carbons (Fsp3) is 0.250. The van der Waals surface area contributed by atoms with Gasteiger partial charge in [0.25, 0.3) is 6.01 Å². The van der Waals surface area contributed by atoms with E-state index in [1.54, 1.807) is 13.8 Å². The molecular weight excluding hydrogens is 195 g/mol. The highest BCUT2D eigenvalue weighted by Crippen LogP contribution is 2.18. The van der Waals surface area contributed by atoms with Crippen LogP contribution in [0.5, 0.6) is 0 Å². The van der Waals surface area contributed by atoms with Gasteiger partial charge in [-0.1, -0.05) is 17.7 Å². The van der Waals surface area contributed by atoms with E-state index in [0.29, 0.717) is 5.56 Å². The Morgan fingerprint density at radius 2 is 1.73 bits per heavy atom. The Morgan fingerprint density at radius 3 is 2.13 bits per heavy atom. The zero-order valence-corrected chi connectivity index (χ0v) is 9.06. The third kappa shape index (κ3) is 2.65. The Bertz CT molecular complexity index is 399. The average molecular weight is 208 g/mol. The molecule has 80 valence electrons. The van der Waals surface area contributed by atoms with Gasteiger partial charge in [0.2, 0.25) is 0 Å². The Kier molecular flexibility index (Phi) is 3.24. The van der Waals surface area contributed by atoms with E-state index < -0.39 is 12.0 Å². The summed E-state index contributed by atoms with van der Waals surface area (Å²) in [6, 6.07) is 2.62. The summed E-state index contributed by atoms with van der Waals surface area (Å²) in [7, 11) is 0. The zero-order valence-electron chi connectivity index (χ0n) is 9.06. The van der Waals surface area contributed by atoms with Crippen LogP contribution in [0.15, 0.2) is 24.7 Å². The van der Waals surface area contributed by atoms with E-state index in [-0.39, 0.29) is 0 Å². The van der Waals surface area contributed by atoms with Crippen LogP contribution in [0, 0.1) is 20.8 Å². The second-order valence-corrected chi connectivity index (χ2v) is 3.52. The summed E-state index contributed by atoms with van der Waals surface area (Å²) in [5.41, 5.74) is 3.01. The van der Waals surface area contributed by atoms with Crippen molar-refractivity contribution >= 4 is 5.97 Å². The van der Waals surface area contributed by atoms with Crippen molar-refractivity contribution in [3.63, 3.8) is 0 Å². The van der Waals surface area contributed by atoms with Crippen molar-refractivity contribution in [2.24, 2.45) is 0 Å². The number of hydrogen-bond donors (Lipinski definition) is 0. The summed E-state index contributed by atoms with van der Waals surface area (Å²) < 4.78 is 16.7. The molecule has 1 aromatic rings. The van der Waals surface area contributed by atoms with Crippen LogP contribution in [-0.4, -0.2) is 5.97 Å². The van der Waals surface area contributed by atoms with Crippen LogP contribution in [-0.2, 0) is 4.74 Å². The monoisotopic (exact) mass is 208 g/mol. The second-order valence-electron chi connectivity index (χ2n) is 3.52. The molecule has 0 atom stereocenters. The van der Waals surface area contributed by atoms with Crippen LogP contribution < -0.4 is 0 Å². The maximum atomic E-state index is 12.3.